The first-order chi connectivity index (χ1) is 11.8. The van der Waals surface area contributed by atoms with Crippen LogP contribution in [-0.4, -0.2) is 92.1 Å². The summed E-state index contributed by atoms with van der Waals surface area (Å²) >= 11 is 0. The van der Waals surface area contributed by atoms with Crippen molar-refractivity contribution in [1.82, 2.24) is 4.90 Å². The first-order valence-electron chi connectivity index (χ1n) is 8.96. The van der Waals surface area contributed by atoms with Crippen molar-refractivity contribution in [3.63, 3.8) is 0 Å². The zero-order valence-corrected chi connectivity index (χ0v) is 19.2. The number of unbranched alkanes of at least 4 members (excludes halogenated alkanes) is 2. The van der Waals surface area contributed by atoms with Gasteiger partial charge in [0.25, 0.3) is 0 Å². The number of hydrogen-bond donors (Lipinski definition) is 2. The summed E-state index contributed by atoms with van der Waals surface area (Å²) < 4.78 is 43.2. The van der Waals surface area contributed by atoms with Gasteiger partial charge in [0.15, 0.2) is 0 Å². The Morgan fingerprint density at radius 3 is 1.73 bits per heavy atom. The van der Waals surface area contributed by atoms with E-state index in [-0.39, 0.29) is 62.4 Å². The molecule has 0 saturated carbocycles. The van der Waals surface area contributed by atoms with Gasteiger partial charge in [0.05, 0.1) is 41.3 Å². The molecule has 0 rings (SSSR count). The molecule has 0 aliphatic rings. The van der Waals surface area contributed by atoms with Gasteiger partial charge in [-0.05, 0) is 12.8 Å². The molecule has 2 atom stereocenters. The van der Waals surface area contributed by atoms with Crippen molar-refractivity contribution >= 4 is 10.1 Å². The van der Waals surface area contributed by atoms with E-state index >= 15 is 0 Å². The van der Waals surface area contributed by atoms with E-state index in [0.717, 1.165) is 25.7 Å². The predicted octanol–water partition coefficient (Wildman–Crippen LogP) is -2.81. The van der Waals surface area contributed by atoms with Crippen LogP contribution in [0.25, 0.3) is 0 Å². The van der Waals surface area contributed by atoms with Crippen molar-refractivity contribution in [2.75, 3.05) is 51.8 Å². The summed E-state index contributed by atoms with van der Waals surface area (Å²) in [4.78, 5) is 1.55. The van der Waals surface area contributed by atoms with Crippen LogP contribution in [0.5, 0.6) is 0 Å². The van der Waals surface area contributed by atoms with Gasteiger partial charge in [0.2, 0.25) is 0 Å². The fourth-order valence-corrected chi connectivity index (χ4v) is 2.61. The van der Waals surface area contributed by atoms with E-state index < -0.39 is 28.1 Å². The van der Waals surface area contributed by atoms with Crippen LogP contribution in [-0.2, 0) is 19.6 Å². The summed E-state index contributed by atoms with van der Waals surface area (Å²) in [7, 11) is -4.36. The largest absolute Gasteiger partial charge is 1.00 e. The standard InChI is InChI=1S/C16H35NO7S.Na/c1-3-5-8-23-13-15(18)11-17(7-10-25(20,21)22)12-16(19)14-24-9-6-4-2;/h15-16,18-19H,3-14H2,1-2H3,(H,20,21,22);/q;+1/p-1. The molecule has 0 heterocycles. The maximum Gasteiger partial charge on any atom is 1.00 e. The number of aliphatic hydroxyl groups excluding tert-OH is 2. The van der Waals surface area contributed by atoms with Gasteiger partial charge in [0.1, 0.15) is 0 Å². The zero-order valence-electron chi connectivity index (χ0n) is 16.4. The van der Waals surface area contributed by atoms with Crippen LogP contribution in [0.1, 0.15) is 39.5 Å². The second kappa shape index (κ2) is 17.8. The van der Waals surface area contributed by atoms with Gasteiger partial charge in [-0.1, -0.05) is 26.7 Å². The Kier molecular flexibility index (Phi) is 19.8. The smallest absolute Gasteiger partial charge is 0.748 e. The molecule has 0 aromatic heterocycles. The van der Waals surface area contributed by atoms with Crippen LogP contribution < -0.4 is 29.6 Å². The minimum Gasteiger partial charge on any atom is -0.748 e. The number of ether oxygens (including phenoxy) is 2. The topological polar surface area (TPSA) is 119 Å². The minimum absolute atomic E-state index is 0. The van der Waals surface area contributed by atoms with E-state index in [4.69, 9.17) is 9.47 Å². The fraction of sp³-hybridized carbons (Fsp3) is 1.00. The van der Waals surface area contributed by atoms with E-state index in [1.165, 1.54) is 0 Å². The quantitative estimate of drug-likeness (QED) is 0.151. The average Bonchev–Trinajstić information content (AvgIpc) is 2.53. The van der Waals surface area contributed by atoms with Gasteiger partial charge >= 0.3 is 29.6 Å². The van der Waals surface area contributed by atoms with Crippen molar-refractivity contribution < 1.29 is 62.2 Å². The van der Waals surface area contributed by atoms with Crippen LogP contribution in [0.2, 0.25) is 0 Å². The molecular formula is C16H34NNaO7S. The van der Waals surface area contributed by atoms with E-state index in [1.54, 1.807) is 4.90 Å². The molecule has 0 spiro atoms. The Labute approximate surface area is 180 Å². The van der Waals surface area contributed by atoms with Gasteiger partial charge in [-0.2, -0.15) is 0 Å². The monoisotopic (exact) mass is 407 g/mol. The predicted molar refractivity (Wildman–Crippen MR) is 94.5 cm³/mol. The fourth-order valence-electron chi connectivity index (χ4n) is 2.13. The molecule has 26 heavy (non-hydrogen) atoms. The Morgan fingerprint density at radius 1 is 0.962 bits per heavy atom. The molecule has 0 aliphatic heterocycles. The maximum atomic E-state index is 10.8. The summed E-state index contributed by atoms with van der Waals surface area (Å²) in [6, 6.07) is 0. The van der Waals surface area contributed by atoms with Gasteiger partial charge in [0, 0.05) is 32.8 Å². The number of rotatable bonds is 17. The molecule has 0 aliphatic carbocycles. The van der Waals surface area contributed by atoms with Crippen molar-refractivity contribution in [3.8, 4) is 0 Å². The maximum absolute atomic E-state index is 10.8. The molecule has 0 fully saturated rings. The summed E-state index contributed by atoms with van der Waals surface area (Å²) in [6.07, 6.45) is 2.15. The summed E-state index contributed by atoms with van der Waals surface area (Å²) in [5.74, 6) is -0.570. The van der Waals surface area contributed by atoms with Crippen molar-refractivity contribution in [1.29, 1.82) is 0 Å². The van der Waals surface area contributed by atoms with Crippen LogP contribution in [0.15, 0.2) is 0 Å². The molecule has 0 amide bonds. The summed E-state index contributed by atoms with van der Waals surface area (Å²) in [5, 5.41) is 20.0. The van der Waals surface area contributed by atoms with Crippen LogP contribution in [0.3, 0.4) is 0 Å². The third kappa shape index (κ3) is 19.5. The van der Waals surface area contributed by atoms with E-state index in [1.807, 2.05) is 13.8 Å². The molecule has 10 heteroatoms. The van der Waals surface area contributed by atoms with Crippen LogP contribution in [0, 0.1) is 0 Å². The molecule has 152 valence electrons. The Bertz CT molecular complexity index is 391. The zero-order chi connectivity index (χ0) is 19.1. The number of nitrogens with zero attached hydrogens (tertiary/aromatic N) is 1. The first kappa shape index (κ1) is 28.9. The number of hydrogen-bond acceptors (Lipinski definition) is 8. The molecule has 0 bridgehead atoms. The van der Waals surface area contributed by atoms with Gasteiger partial charge < -0.3 is 24.2 Å². The normalized spacial score (nSPS) is 14.2. The third-order valence-electron chi connectivity index (χ3n) is 3.50. The SMILES string of the molecule is CCCCOCC(O)CN(CCS(=O)(=O)[O-])CC(O)COCCCC.[Na+]. The molecule has 0 radical (unpaired) electrons. The Balaban J connectivity index is 0. The van der Waals surface area contributed by atoms with Gasteiger partial charge in [-0.3, -0.25) is 4.90 Å². The molecule has 0 aromatic rings. The third-order valence-corrected chi connectivity index (χ3v) is 4.18. The molecular weight excluding hydrogens is 373 g/mol. The second-order valence-corrected chi connectivity index (χ2v) is 7.71. The second-order valence-electron chi connectivity index (χ2n) is 6.19. The molecule has 2 unspecified atom stereocenters. The van der Waals surface area contributed by atoms with Crippen LogP contribution >= 0.6 is 0 Å². The molecule has 0 aromatic carbocycles. The van der Waals surface area contributed by atoms with Gasteiger partial charge in [-0.25, -0.2) is 8.42 Å². The van der Waals surface area contributed by atoms with Crippen molar-refractivity contribution in [3.05, 3.63) is 0 Å². The van der Waals surface area contributed by atoms with Crippen molar-refractivity contribution in [2.24, 2.45) is 0 Å². The molecule has 8 nitrogen and oxygen atoms in total. The van der Waals surface area contributed by atoms with Gasteiger partial charge in [-0.15, -0.1) is 0 Å². The average molecular weight is 408 g/mol. The van der Waals surface area contributed by atoms with Crippen LogP contribution in [0.4, 0.5) is 0 Å². The number of aliphatic hydroxyl groups is 2. The minimum atomic E-state index is -4.36. The first-order valence-corrected chi connectivity index (χ1v) is 10.5. The van der Waals surface area contributed by atoms with Crippen molar-refractivity contribution in [2.45, 2.75) is 51.7 Å². The van der Waals surface area contributed by atoms with E-state index in [0.29, 0.717) is 13.2 Å². The van der Waals surface area contributed by atoms with E-state index in [2.05, 4.69) is 0 Å². The Hall–Kier alpha value is 0.710. The molecule has 0 saturated heterocycles. The molecule has 2 N–H and O–H groups in total. The summed E-state index contributed by atoms with van der Waals surface area (Å²) in [6.45, 7) is 5.62. The summed E-state index contributed by atoms with van der Waals surface area (Å²) in [5.41, 5.74) is 0. The Morgan fingerprint density at radius 2 is 1.38 bits per heavy atom. The van der Waals surface area contributed by atoms with E-state index in [9.17, 15) is 23.2 Å².